The van der Waals surface area contributed by atoms with Crippen molar-refractivity contribution in [2.45, 2.75) is 6.54 Å². The standard InChI is InChI=1S/C20H21N5O2/c26-20(17-4-6-19(7-5-17)24-8-10-27-11-9-24)23-18-3-1-2-16(12-18)13-25-15-21-14-22-25/h1-7,12,14-15H,8-11,13H2,(H,23,26). The summed E-state index contributed by atoms with van der Waals surface area (Å²) in [5.74, 6) is -0.124. The summed E-state index contributed by atoms with van der Waals surface area (Å²) < 4.78 is 7.12. The summed E-state index contributed by atoms with van der Waals surface area (Å²) in [7, 11) is 0. The fourth-order valence-electron chi connectivity index (χ4n) is 3.10. The molecule has 7 nitrogen and oxygen atoms in total. The van der Waals surface area contributed by atoms with Crippen molar-refractivity contribution in [1.82, 2.24) is 14.8 Å². The average Bonchev–Trinajstić information content (AvgIpc) is 3.22. The first-order valence-electron chi connectivity index (χ1n) is 8.93. The molecule has 1 amide bonds. The zero-order valence-corrected chi connectivity index (χ0v) is 14.9. The molecule has 1 saturated heterocycles. The lowest BCUT2D eigenvalue weighted by molar-refractivity contribution is 0.102. The molecular formula is C20H21N5O2. The van der Waals surface area contributed by atoms with E-state index in [-0.39, 0.29) is 5.91 Å². The van der Waals surface area contributed by atoms with Crippen LogP contribution >= 0.6 is 0 Å². The quantitative estimate of drug-likeness (QED) is 0.754. The molecule has 4 rings (SSSR count). The van der Waals surface area contributed by atoms with Gasteiger partial charge >= 0.3 is 0 Å². The summed E-state index contributed by atoms with van der Waals surface area (Å²) >= 11 is 0. The maximum Gasteiger partial charge on any atom is 0.255 e. The van der Waals surface area contributed by atoms with E-state index in [0.29, 0.717) is 12.1 Å². The summed E-state index contributed by atoms with van der Waals surface area (Å²) in [5, 5.41) is 7.06. The number of aromatic nitrogens is 3. The summed E-state index contributed by atoms with van der Waals surface area (Å²) in [6.45, 7) is 3.85. The van der Waals surface area contributed by atoms with Crippen LogP contribution in [-0.4, -0.2) is 47.0 Å². The molecule has 0 saturated carbocycles. The van der Waals surface area contributed by atoms with Gasteiger partial charge in [-0.05, 0) is 42.0 Å². The highest BCUT2D eigenvalue weighted by molar-refractivity contribution is 6.04. The SMILES string of the molecule is O=C(Nc1cccc(Cn2cncn2)c1)c1ccc(N2CCOCC2)cc1. The van der Waals surface area contributed by atoms with E-state index in [4.69, 9.17) is 4.74 Å². The first kappa shape index (κ1) is 17.2. The molecule has 0 aliphatic carbocycles. The number of nitrogens with zero attached hydrogens (tertiary/aromatic N) is 4. The molecule has 2 heterocycles. The lowest BCUT2D eigenvalue weighted by Crippen LogP contribution is -2.36. The number of morpholine rings is 1. The molecule has 2 aromatic carbocycles. The van der Waals surface area contributed by atoms with Crippen LogP contribution in [0, 0.1) is 0 Å². The maximum atomic E-state index is 12.6. The van der Waals surface area contributed by atoms with Crippen LogP contribution in [0.15, 0.2) is 61.2 Å². The Morgan fingerprint density at radius 2 is 1.93 bits per heavy atom. The highest BCUT2D eigenvalue weighted by atomic mass is 16.5. The van der Waals surface area contributed by atoms with Crippen LogP contribution in [0.25, 0.3) is 0 Å². The van der Waals surface area contributed by atoms with Gasteiger partial charge in [-0.1, -0.05) is 12.1 Å². The molecule has 138 valence electrons. The Labute approximate surface area is 157 Å². The number of carbonyl (C=O) groups excluding carboxylic acids is 1. The summed E-state index contributed by atoms with van der Waals surface area (Å²) in [6, 6.07) is 15.4. The van der Waals surface area contributed by atoms with Gasteiger partial charge in [-0.25, -0.2) is 9.67 Å². The Hall–Kier alpha value is -3.19. The lowest BCUT2D eigenvalue weighted by Gasteiger charge is -2.28. The molecule has 7 heteroatoms. The van der Waals surface area contributed by atoms with Crippen molar-refractivity contribution in [3.05, 3.63) is 72.3 Å². The first-order valence-corrected chi connectivity index (χ1v) is 8.93. The average molecular weight is 363 g/mol. The van der Waals surface area contributed by atoms with Gasteiger partial charge < -0.3 is 15.0 Å². The number of ether oxygens (including phenoxy) is 1. The molecule has 1 fully saturated rings. The zero-order valence-electron chi connectivity index (χ0n) is 14.9. The smallest absolute Gasteiger partial charge is 0.255 e. The Kier molecular flexibility index (Phi) is 5.11. The first-order chi connectivity index (χ1) is 13.3. The molecule has 1 aliphatic heterocycles. The number of hydrogen-bond acceptors (Lipinski definition) is 5. The van der Waals surface area contributed by atoms with Crippen LogP contribution in [0.2, 0.25) is 0 Å². The number of rotatable bonds is 5. The lowest BCUT2D eigenvalue weighted by atomic mass is 10.1. The molecular weight excluding hydrogens is 342 g/mol. The third-order valence-electron chi connectivity index (χ3n) is 4.50. The molecule has 0 unspecified atom stereocenters. The van der Waals surface area contributed by atoms with E-state index in [9.17, 15) is 4.79 Å². The van der Waals surface area contributed by atoms with Gasteiger partial charge in [0.25, 0.3) is 5.91 Å². The largest absolute Gasteiger partial charge is 0.378 e. The molecule has 27 heavy (non-hydrogen) atoms. The highest BCUT2D eigenvalue weighted by Crippen LogP contribution is 2.18. The van der Waals surface area contributed by atoms with E-state index in [0.717, 1.165) is 43.2 Å². The van der Waals surface area contributed by atoms with Crippen molar-refractivity contribution in [3.8, 4) is 0 Å². The van der Waals surface area contributed by atoms with E-state index in [1.54, 1.807) is 11.0 Å². The molecule has 0 radical (unpaired) electrons. The monoisotopic (exact) mass is 363 g/mol. The Bertz CT molecular complexity index is 887. The van der Waals surface area contributed by atoms with Crippen LogP contribution in [0.1, 0.15) is 15.9 Å². The van der Waals surface area contributed by atoms with Crippen molar-refractivity contribution in [2.24, 2.45) is 0 Å². The van der Waals surface area contributed by atoms with E-state index in [1.165, 1.54) is 6.33 Å². The Morgan fingerprint density at radius 1 is 1.11 bits per heavy atom. The maximum absolute atomic E-state index is 12.6. The number of benzene rings is 2. The predicted octanol–water partition coefficient (Wildman–Crippen LogP) is 2.42. The zero-order chi connectivity index (χ0) is 18.5. The van der Waals surface area contributed by atoms with Crippen molar-refractivity contribution in [2.75, 3.05) is 36.5 Å². The van der Waals surface area contributed by atoms with E-state index in [1.807, 2.05) is 48.5 Å². The Morgan fingerprint density at radius 3 is 2.67 bits per heavy atom. The van der Waals surface area contributed by atoms with Crippen molar-refractivity contribution < 1.29 is 9.53 Å². The van der Waals surface area contributed by atoms with Gasteiger partial charge in [-0.3, -0.25) is 4.79 Å². The van der Waals surface area contributed by atoms with Crippen molar-refractivity contribution in [3.63, 3.8) is 0 Å². The van der Waals surface area contributed by atoms with Gasteiger partial charge in [0.1, 0.15) is 12.7 Å². The van der Waals surface area contributed by atoms with E-state index in [2.05, 4.69) is 20.3 Å². The third kappa shape index (κ3) is 4.32. The minimum atomic E-state index is -0.124. The summed E-state index contributed by atoms with van der Waals surface area (Å²) in [6.07, 6.45) is 3.17. The number of carbonyl (C=O) groups is 1. The number of hydrogen-bond donors (Lipinski definition) is 1. The second-order valence-electron chi connectivity index (χ2n) is 6.39. The van der Waals surface area contributed by atoms with Crippen LogP contribution < -0.4 is 10.2 Å². The highest BCUT2D eigenvalue weighted by Gasteiger charge is 2.12. The second kappa shape index (κ2) is 8.01. The molecule has 1 aromatic heterocycles. The number of nitrogens with one attached hydrogen (secondary N) is 1. The normalized spacial score (nSPS) is 14.1. The second-order valence-corrected chi connectivity index (χ2v) is 6.39. The molecule has 0 bridgehead atoms. The van der Waals surface area contributed by atoms with Crippen LogP contribution in [0.5, 0.6) is 0 Å². The van der Waals surface area contributed by atoms with Gasteiger partial charge in [0, 0.05) is 30.0 Å². The van der Waals surface area contributed by atoms with E-state index >= 15 is 0 Å². The fraction of sp³-hybridized carbons (Fsp3) is 0.250. The fourth-order valence-corrected chi connectivity index (χ4v) is 3.10. The number of anilines is 2. The van der Waals surface area contributed by atoms with Crippen LogP contribution in [0.3, 0.4) is 0 Å². The minimum absolute atomic E-state index is 0.124. The topological polar surface area (TPSA) is 72.3 Å². The van der Waals surface area contributed by atoms with Crippen LogP contribution in [-0.2, 0) is 11.3 Å². The molecule has 0 spiro atoms. The minimum Gasteiger partial charge on any atom is -0.378 e. The molecule has 0 atom stereocenters. The van der Waals surface area contributed by atoms with Gasteiger partial charge in [0.2, 0.25) is 0 Å². The van der Waals surface area contributed by atoms with Crippen LogP contribution in [0.4, 0.5) is 11.4 Å². The molecule has 1 aliphatic rings. The van der Waals surface area contributed by atoms with Gasteiger partial charge in [-0.15, -0.1) is 0 Å². The third-order valence-corrected chi connectivity index (χ3v) is 4.50. The van der Waals surface area contributed by atoms with Gasteiger partial charge in [-0.2, -0.15) is 5.10 Å². The predicted molar refractivity (Wildman–Crippen MR) is 103 cm³/mol. The molecule has 3 aromatic rings. The van der Waals surface area contributed by atoms with Gasteiger partial charge in [0.05, 0.1) is 19.8 Å². The summed E-state index contributed by atoms with van der Waals surface area (Å²) in [5.41, 5.74) is 3.55. The van der Waals surface area contributed by atoms with Gasteiger partial charge in [0.15, 0.2) is 0 Å². The number of amides is 1. The van der Waals surface area contributed by atoms with Crippen molar-refractivity contribution >= 4 is 17.3 Å². The Balaban J connectivity index is 1.41. The molecule has 1 N–H and O–H groups in total. The van der Waals surface area contributed by atoms with Crippen molar-refractivity contribution in [1.29, 1.82) is 0 Å². The summed E-state index contributed by atoms with van der Waals surface area (Å²) in [4.78, 5) is 18.8. The van der Waals surface area contributed by atoms with E-state index < -0.39 is 0 Å².